The number of aliphatic hydroxyl groups is 1. The minimum atomic E-state index is -1.18. The molecular formula is C22H31N9O6S. The van der Waals surface area contributed by atoms with Crippen molar-refractivity contribution in [2.75, 3.05) is 19.6 Å². The number of nitrogens with zero attached hydrogens (tertiary/aromatic N) is 6. The second kappa shape index (κ2) is 10.2. The molecule has 0 bridgehead atoms. The number of nitrogens with two attached hydrogens (primary N) is 1. The van der Waals surface area contributed by atoms with Crippen LogP contribution in [-0.2, 0) is 25.7 Å². The zero-order valence-electron chi connectivity index (χ0n) is 20.9. The van der Waals surface area contributed by atoms with E-state index in [1.54, 1.807) is 11.8 Å². The van der Waals surface area contributed by atoms with E-state index in [-0.39, 0.29) is 53.7 Å². The number of thioether (sulfide) groups is 1. The third kappa shape index (κ3) is 4.65. The number of fused-ring (bicyclic) bond motifs is 1. The molecule has 0 aliphatic carbocycles. The first-order chi connectivity index (χ1) is 18.1. The van der Waals surface area contributed by atoms with Gasteiger partial charge in [-0.1, -0.05) is 6.92 Å². The highest BCUT2D eigenvalue weighted by molar-refractivity contribution is 8.03. The topological polar surface area (TPSA) is 209 Å². The minimum absolute atomic E-state index is 0.0237. The van der Waals surface area contributed by atoms with Gasteiger partial charge in [0.25, 0.3) is 0 Å². The molecule has 5 heterocycles. The summed E-state index contributed by atoms with van der Waals surface area (Å²) >= 11 is 1.39. The van der Waals surface area contributed by atoms with Gasteiger partial charge in [0, 0.05) is 47.8 Å². The highest BCUT2D eigenvalue weighted by atomic mass is 32.2. The first kappa shape index (κ1) is 26.5. The van der Waals surface area contributed by atoms with E-state index in [1.165, 1.54) is 27.7 Å². The van der Waals surface area contributed by atoms with E-state index in [2.05, 4.69) is 26.2 Å². The van der Waals surface area contributed by atoms with Crippen molar-refractivity contribution in [3.05, 3.63) is 16.9 Å². The summed E-state index contributed by atoms with van der Waals surface area (Å²) in [4.78, 5) is 54.2. The van der Waals surface area contributed by atoms with Gasteiger partial charge >= 0.3 is 5.97 Å². The Bertz CT molecular complexity index is 1150. The molecule has 0 saturated carbocycles. The monoisotopic (exact) mass is 549 g/mol. The highest BCUT2D eigenvalue weighted by Gasteiger charge is 2.60. The Morgan fingerprint density at radius 2 is 2.11 bits per heavy atom. The van der Waals surface area contributed by atoms with E-state index in [0.717, 1.165) is 0 Å². The van der Waals surface area contributed by atoms with Gasteiger partial charge in [-0.05, 0) is 23.8 Å². The van der Waals surface area contributed by atoms with Gasteiger partial charge in [-0.2, -0.15) is 0 Å². The Morgan fingerprint density at radius 3 is 2.74 bits per heavy atom. The number of nitrogens with one attached hydrogen (secondary N) is 2. The Morgan fingerprint density at radius 1 is 1.34 bits per heavy atom. The molecule has 1 aromatic rings. The van der Waals surface area contributed by atoms with E-state index in [1.807, 2.05) is 6.92 Å². The number of amides is 3. The molecular weight excluding hydrogens is 518 g/mol. The Balaban J connectivity index is 1.23. The number of carboxylic acid groups (broad SMARTS) is 1. The van der Waals surface area contributed by atoms with Gasteiger partial charge in [0.1, 0.15) is 18.6 Å². The van der Waals surface area contributed by atoms with Gasteiger partial charge in [0.05, 0.1) is 24.1 Å². The van der Waals surface area contributed by atoms with E-state index >= 15 is 0 Å². The minimum Gasteiger partial charge on any atom is -0.477 e. The smallest absolute Gasteiger partial charge is 0.353 e. The summed E-state index contributed by atoms with van der Waals surface area (Å²) in [6.07, 6.45) is 1.06. The molecule has 3 saturated heterocycles. The fraction of sp³-hybridized carbons (Fsp3) is 0.682. The second-order valence-electron chi connectivity index (χ2n) is 10.3. The largest absolute Gasteiger partial charge is 0.477 e. The number of β-lactam (4-membered cyclic amide) rings is 1. The van der Waals surface area contributed by atoms with Gasteiger partial charge in [0.2, 0.25) is 17.7 Å². The summed E-state index contributed by atoms with van der Waals surface area (Å²) in [6, 6.07) is -1.82. The maximum Gasteiger partial charge on any atom is 0.353 e. The van der Waals surface area contributed by atoms with Crippen LogP contribution in [0.2, 0.25) is 0 Å². The lowest BCUT2D eigenvalue weighted by Gasteiger charge is -2.47. The average Bonchev–Trinajstić information content (AvgIpc) is 3.63. The first-order valence-electron chi connectivity index (χ1n) is 12.5. The Hall–Kier alpha value is -3.08. The SMILES string of the molecule is C[C@@H](NC(=O)Cn1cnnn1)[C@H]1C(=O)N2C(C(=O)O)=C(S[C@@H]3CN[C@H](C(=O)N4C[C@@H](O)[C@@H](N)C4)C3)[C@H](C)[C@H]12. The molecule has 3 amide bonds. The van der Waals surface area contributed by atoms with E-state index in [9.17, 15) is 29.4 Å². The fourth-order valence-corrected chi connectivity index (χ4v) is 7.34. The molecule has 8 atom stereocenters. The highest BCUT2D eigenvalue weighted by Crippen LogP contribution is 2.51. The van der Waals surface area contributed by atoms with Gasteiger partial charge in [-0.3, -0.25) is 14.4 Å². The van der Waals surface area contributed by atoms with Crippen molar-refractivity contribution in [2.45, 2.75) is 62.3 Å². The fourth-order valence-electron chi connectivity index (χ4n) is 5.86. The van der Waals surface area contributed by atoms with Crippen LogP contribution in [0.1, 0.15) is 20.3 Å². The molecule has 4 aliphatic rings. The number of carboxylic acids is 1. The van der Waals surface area contributed by atoms with Crippen molar-refractivity contribution in [1.82, 2.24) is 40.6 Å². The molecule has 15 nitrogen and oxygen atoms in total. The number of aliphatic hydroxyl groups excluding tert-OH is 1. The molecule has 6 N–H and O–H groups in total. The predicted molar refractivity (Wildman–Crippen MR) is 132 cm³/mol. The molecule has 0 aromatic carbocycles. The number of tetrazole rings is 1. The summed E-state index contributed by atoms with van der Waals surface area (Å²) in [5, 5.41) is 36.5. The number of hydrogen-bond donors (Lipinski definition) is 5. The van der Waals surface area contributed by atoms with Gasteiger partial charge in [-0.25, -0.2) is 9.48 Å². The van der Waals surface area contributed by atoms with Crippen LogP contribution in [0.15, 0.2) is 16.9 Å². The van der Waals surface area contributed by atoms with Crippen LogP contribution in [0.3, 0.4) is 0 Å². The maximum absolute atomic E-state index is 13.1. The number of β-amino-alcohol motifs (C(OH)–C–C–N with tert-alkyl or cyclic N) is 1. The van der Waals surface area contributed by atoms with Crippen LogP contribution < -0.4 is 16.4 Å². The number of likely N-dealkylation sites (tertiary alicyclic amines) is 1. The molecule has 4 aliphatic heterocycles. The van der Waals surface area contributed by atoms with E-state index < -0.39 is 36.1 Å². The van der Waals surface area contributed by atoms with Crippen LogP contribution in [0.5, 0.6) is 0 Å². The standard InChI is InChI=1S/C22H31N9O6S/c1-9-17-16(10(2)26-15(33)7-30-8-25-27-28-30)21(35)31(17)18(22(36)37)19(9)38-11-3-13(24-4-11)20(34)29-5-12(23)14(32)6-29/h8-14,16-17,24,32H,3-7,23H2,1-2H3,(H,26,33)(H,36,37)/t9-,10-,11+,12+,13+,14-,16-,17-/m1/s1. The summed E-state index contributed by atoms with van der Waals surface area (Å²) in [5.74, 6) is -2.83. The Labute approximate surface area is 222 Å². The Kier molecular flexibility index (Phi) is 7.15. The third-order valence-corrected chi connectivity index (χ3v) is 9.25. The maximum atomic E-state index is 13.1. The summed E-state index contributed by atoms with van der Waals surface area (Å²) in [7, 11) is 0. The summed E-state index contributed by atoms with van der Waals surface area (Å²) in [5.41, 5.74) is 5.81. The van der Waals surface area contributed by atoms with Crippen molar-refractivity contribution in [3.8, 4) is 0 Å². The molecule has 0 unspecified atom stereocenters. The average molecular weight is 550 g/mol. The molecule has 1 aromatic heterocycles. The van der Waals surface area contributed by atoms with Crippen LogP contribution in [0.4, 0.5) is 0 Å². The zero-order valence-corrected chi connectivity index (χ0v) is 21.7. The predicted octanol–water partition coefficient (Wildman–Crippen LogP) is -3.06. The quantitative estimate of drug-likeness (QED) is 0.205. The van der Waals surface area contributed by atoms with Crippen molar-refractivity contribution in [2.24, 2.45) is 17.6 Å². The number of rotatable bonds is 8. The number of carbonyl (C=O) groups excluding carboxylic acids is 3. The number of hydrogen-bond acceptors (Lipinski definition) is 11. The van der Waals surface area contributed by atoms with E-state index in [4.69, 9.17) is 5.73 Å². The van der Waals surface area contributed by atoms with Gasteiger partial charge in [0.15, 0.2) is 0 Å². The van der Waals surface area contributed by atoms with Crippen molar-refractivity contribution >= 4 is 35.5 Å². The molecule has 0 spiro atoms. The van der Waals surface area contributed by atoms with Crippen LogP contribution in [0.25, 0.3) is 0 Å². The molecule has 5 rings (SSSR count). The summed E-state index contributed by atoms with van der Waals surface area (Å²) < 4.78 is 1.27. The lowest BCUT2D eigenvalue weighted by atomic mass is 9.78. The lowest BCUT2D eigenvalue weighted by molar-refractivity contribution is -0.158. The van der Waals surface area contributed by atoms with Crippen LogP contribution >= 0.6 is 11.8 Å². The van der Waals surface area contributed by atoms with Crippen LogP contribution in [0, 0.1) is 11.8 Å². The molecule has 206 valence electrons. The summed E-state index contributed by atoms with van der Waals surface area (Å²) in [6.45, 7) is 4.52. The molecule has 38 heavy (non-hydrogen) atoms. The molecule has 0 radical (unpaired) electrons. The number of aliphatic carboxylic acids is 1. The van der Waals surface area contributed by atoms with Crippen molar-refractivity contribution < 1.29 is 29.4 Å². The first-order valence-corrected chi connectivity index (χ1v) is 13.4. The second-order valence-corrected chi connectivity index (χ2v) is 11.6. The van der Waals surface area contributed by atoms with Gasteiger partial charge < -0.3 is 36.4 Å². The molecule has 16 heteroatoms. The number of carbonyl (C=O) groups is 4. The van der Waals surface area contributed by atoms with Crippen LogP contribution in [-0.4, -0.2) is 119 Å². The lowest BCUT2D eigenvalue weighted by Crippen LogP contribution is -2.66. The van der Waals surface area contributed by atoms with Gasteiger partial charge in [-0.15, -0.1) is 16.9 Å². The molecule has 3 fully saturated rings. The third-order valence-electron chi connectivity index (χ3n) is 7.74. The zero-order chi connectivity index (χ0) is 27.3. The number of aromatic nitrogens is 4. The van der Waals surface area contributed by atoms with E-state index in [0.29, 0.717) is 24.4 Å². The van der Waals surface area contributed by atoms with Crippen molar-refractivity contribution in [3.63, 3.8) is 0 Å². The van der Waals surface area contributed by atoms with Crippen molar-refractivity contribution in [1.29, 1.82) is 0 Å². The normalized spacial score (nSPS) is 33.4.